The number of benzene rings is 1. The predicted molar refractivity (Wildman–Crippen MR) is 81.9 cm³/mol. The summed E-state index contributed by atoms with van der Waals surface area (Å²) in [4.78, 5) is 20.1. The van der Waals surface area contributed by atoms with Crippen LogP contribution in [0.2, 0.25) is 0 Å². The van der Waals surface area contributed by atoms with E-state index in [0.29, 0.717) is 22.7 Å². The number of carbonyl (C=O) groups is 1. The van der Waals surface area contributed by atoms with Gasteiger partial charge in [-0.05, 0) is 30.7 Å². The number of nitrogens with zero attached hydrogens (tertiary/aromatic N) is 3. The number of aryl methyl sites for hydroxylation is 1. The molecular formula is C16H15N3O3. The van der Waals surface area contributed by atoms with Crippen LogP contribution in [0, 0.1) is 6.92 Å². The fourth-order valence-electron chi connectivity index (χ4n) is 2.38. The SMILES string of the molecule is COc1cccc(-c2nc3cc(C)cnc3n2CC(=O)O)c1. The Kier molecular flexibility index (Phi) is 3.50. The molecule has 2 heterocycles. The van der Waals surface area contributed by atoms with E-state index < -0.39 is 5.97 Å². The number of aliphatic carboxylic acids is 1. The van der Waals surface area contributed by atoms with Gasteiger partial charge in [0.2, 0.25) is 0 Å². The van der Waals surface area contributed by atoms with Crippen LogP contribution in [0.5, 0.6) is 5.75 Å². The first-order valence-corrected chi connectivity index (χ1v) is 6.77. The molecule has 0 aliphatic rings. The highest BCUT2D eigenvalue weighted by Crippen LogP contribution is 2.26. The van der Waals surface area contributed by atoms with Crippen LogP contribution >= 0.6 is 0 Å². The molecule has 22 heavy (non-hydrogen) atoms. The van der Waals surface area contributed by atoms with E-state index in [4.69, 9.17) is 4.74 Å². The Labute approximate surface area is 127 Å². The number of carboxylic acids is 1. The van der Waals surface area contributed by atoms with Gasteiger partial charge in [-0.15, -0.1) is 0 Å². The summed E-state index contributed by atoms with van der Waals surface area (Å²) in [6.45, 7) is 1.73. The molecule has 0 fully saturated rings. The maximum atomic E-state index is 11.2. The van der Waals surface area contributed by atoms with Crippen LogP contribution in [0.1, 0.15) is 5.56 Å². The molecule has 2 aromatic heterocycles. The molecule has 0 amide bonds. The van der Waals surface area contributed by atoms with Gasteiger partial charge in [-0.2, -0.15) is 0 Å². The molecule has 0 aliphatic carbocycles. The number of fused-ring (bicyclic) bond motifs is 1. The van der Waals surface area contributed by atoms with Crippen molar-refractivity contribution in [1.82, 2.24) is 14.5 Å². The molecule has 0 radical (unpaired) electrons. The molecule has 0 saturated heterocycles. The van der Waals surface area contributed by atoms with Gasteiger partial charge in [0, 0.05) is 11.8 Å². The lowest BCUT2D eigenvalue weighted by Gasteiger charge is -2.07. The highest BCUT2D eigenvalue weighted by Gasteiger charge is 2.16. The van der Waals surface area contributed by atoms with E-state index in [1.165, 1.54) is 0 Å². The topological polar surface area (TPSA) is 77.2 Å². The lowest BCUT2D eigenvalue weighted by atomic mass is 10.2. The monoisotopic (exact) mass is 297 g/mol. The van der Waals surface area contributed by atoms with Gasteiger partial charge in [-0.25, -0.2) is 9.97 Å². The first-order chi connectivity index (χ1) is 10.6. The van der Waals surface area contributed by atoms with Crippen LogP contribution in [0.15, 0.2) is 36.5 Å². The van der Waals surface area contributed by atoms with Crippen molar-refractivity contribution in [3.05, 3.63) is 42.1 Å². The summed E-state index contributed by atoms with van der Waals surface area (Å²) in [5.74, 6) is 0.316. The Hall–Kier alpha value is -2.89. The van der Waals surface area contributed by atoms with E-state index in [1.54, 1.807) is 17.9 Å². The van der Waals surface area contributed by atoms with Gasteiger partial charge in [0.1, 0.15) is 23.6 Å². The third-order valence-corrected chi connectivity index (χ3v) is 3.34. The largest absolute Gasteiger partial charge is 0.497 e. The molecule has 0 saturated carbocycles. The second-order valence-electron chi connectivity index (χ2n) is 5.00. The molecule has 3 aromatic rings. The quantitative estimate of drug-likeness (QED) is 0.800. The smallest absolute Gasteiger partial charge is 0.323 e. The first kappa shape index (κ1) is 14.1. The molecule has 0 bridgehead atoms. The zero-order valence-corrected chi connectivity index (χ0v) is 12.3. The number of methoxy groups -OCH3 is 1. The minimum atomic E-state index is -0.939. The third-order valence-electron chi connectivity index (χ3n) is 3.34. The van der Waals surface area contributed by atoms with E-state index >= 15 is 0 Å². The average Bonchev–Trinajstić information content (AvgIpc) is 2.84. The van der Waals surface area contributed by atoms with E-state index in [2.05, 4.69) is 9.97 Å². The lowest BCUT2D eigenvalue weighted by Crippen LogP contribution is -2.10. The van der Waals surface area contributed by atoms with E-state index in [-0.39, 0.29) is 6.54 Å². The minimum Gasteiger partial charge on any atom is -0.497 e. The maximum absolute atomic E-state index is 11.2. The standard InChI is InChI=1S/C16H15N3O3/c1-10-6-13-16(17-8-10)19(9-14(20)21)15(18-13)11-4-3-5-12(7-11)22-2/h3-8H,9H2,1-2H3,(H,20,21). The number of pyridine rings is 1. The van der Waals surface area contributed by atoms with Crippen LogP contribution in [0.25, 0.3) is 22.6 Å². The van der Waals surface area contributed by atoms with Gasteiger partial charge in [0.15, 0.2) is 5.65 Å². The Morgan fingerprint density at radius 2 is 2.18 bits per heavy atom. The molecule has 112 valence electrons. The van der Waals surface area contributed by atoms with Gasteiger partial charge in [0.05, 0.1) is 7.11 Å². The normalized spacial score (nSPS) is 10.8. The Bertz CT molecular complexity index is 855. The molecular weight excluding hydrogens is 282 g/mol. The number of ether oxygens (including phenoxy) is 1. The molecule has 0 unspecified atom stereocenters. The van der Waals surface area contributed by atoms with Crippen LogP contribution in [-0.2, 0) is 11.3 Å². The van der Waals surface area contributed by atoms with E-state index in [1.807, 2.05) is 37.3 Å². The van der Waals surface area contributed by atoms with Crippen molar-refractivity contribution < 1.29 is 14.6 Å². The van der Waals surface area contributed by atoms with E-state index in [0.717, 1.165) is 11.1 Å². The lowest BCUT2D eigenvalue weighted by molar-refractivity contribution is -0.137. The summed E-state index contributed by atoms with van der Waals surface area (Å²) in [7, 11) is 1.59. The molecule has 0 aliphatic heterocycles. The Morgan fingerprint density at radius 3 is 2.91 bits per heavy atom. The zero-order valence-electron chi connectivity index (χ0n) is 12.3. The van der Waals surface area contributed by atoms with Gasteiger partial charge >= 0.3 is 5.97 Å². The van der Waals surface area contributed by atoms with Crippen molar-refractivity contribution in [3.8, 4) is 17.1 Å². The van der Waals surface area contributed by atoms with Crippen molar-refractivity contribution in [1.29, 1.82) is 0 Å². The molecule has 1 aromatic carbocycles. The average molecular weight is 297 g/mol. The van der Waals surface area contributed by atoms with Crippen molar-refractivity contribution in [2.75, 3.05) is 7.11 Å². The molecule has 0 spiro atoms. The summed E-state index contributed by atoms with van der Waals surface area (Å²) in [5, 5.41) is 9.17. The van der Waals surface area contributed by atoms with Crippen molar-refractivity contribution in [3.63, 3.8) is 0 Å². The van der Waals surface area contributed by atoms with Crippen molar-refractivity contribution >= 4 is 17.1 Å². The zero-order chi connectivity index (χ0) is 15.7. The van der Waals surface area contributed by atoms with Gasteiger partial charge < -0.3 is 9.84 Å². The first-order valence-electron chi connectivity index (χ1n) is 6.77. The summed E-state index contributed by atoms with van der Waals surface area (Å²) in [6.07, 6.45) is 1.71. The fourth-order valence-corrected chi connectivity index (χ4v) is 2.38. The number of imidazole rings is 1. The van der Waals surface area contributed by atoms with Gasteiger partial charge in [-0.1, -0.05) is 12.1 Å². The van der Waals surface area contributed by atoms with Crippen LogP contribution in [0.4, 0.5) is 0 Å². The summed E-state index contributed by atoms with van der Waals surface area (Å²) < 4.78 is 6.82. The Morgan fingerprint density at radius 1 is 1.36 bits per heavy atom. The van der Waals surface area contributed by atoms with Crippen LogP contribution in [-0.4, -0.2) is 32.7 Å². The maximum Gasteiger partial charge on any atom is 0.323 e. The predicted octanol–water partition coefficient (Wildman–Crippen LogP) is 2.50. The summed E-state index contributed by atoms with van der Waals surface area (Å²) >= 11 is 0. The summed E-state index contributed by atoms with van der Waals surface area (Å²) in [5.41, 5.74) is 3.01. The second kappa shape index (κ2) is 5.48. The molecule has 6 nitrogen and oxygen atoms in total. The molecule has 0 atom stereocenters. The minimum absolute atomic E-state index is 0.195. The van der Waals surface area contributed by atoms with Gasteiger partial charge in [0.25, 0.3) is 0 Å². The molecule has 3 rings (SSSR count). The Balaban J connectivity index is 2.24. The number of carboxylic acid groups (broad SMARTS) is 1. The van der Waals surface area contributed by atoms with Crippen LogP contribution in [0.3, 0.4) is 0 Å². The summed E-state index contributed by atoms with van der Waals surface area (Å²) in [6, 6.07) is 9.26. The van der Waals surface area contributed by atoms with Crippen molar-refractivity contribution in [2.24, 2.45) is 0 Å². The number of hydrogen-bond acceptors (Lipinski definition) is 4. The number of aromatic nitrogens is 3. The molecule has 1 N–H and O–H groups in total. The fraction of sp³-hybridized carbons (Fsp3) is 0.188. The second-order valence-corrected chi connectivity index (χ2v) is 5.00. The van der Waals surface area contributed by atoms with E-state index in [9.17, 15) is 9.90 Å². The number of hydrogen-bond donors (Lipinski definition) is 1. The van der Waals surface area contributed by atoms with Crippen molar-refractivity contribution in [2.45, 2.75) is 13.5 Å². The number of rotatable bonds is 4. The van der Waals surface area contributed by atoms with Gasteiger partial charge in [-0.3, -0.25) is 9.36 Å². The highest BCUT2D eigenvalue weighted by atomic mass is 16.5. The highest BCUT2D eigenvalue weighted by molar-refractivity contribution is 5.80. The third kappa shape index (κ3) is 2.50. The molecule has 6 heteroatoms. The van der Waals surface area contributed by atoms with Crippen LogP contribution < -0.4 is 4.74 Å².